The number of aliphatic hydroxyl groups excluding tert-OH is 1. The Balaban J connectivity index is 2.13. The van der Waals surface area contributed by atoms with E-state index < -0.39 is 0 Å². The molecule has 2 aromatic carbocycles. The van der Waals surface area contributed by atoms with Crippen molar-refractivity contribution in [3.8, 4) is 5.75 Å². The molecule has 0 aromatic heterocycles. The molecular weight excluding hydrogens is 304 g/mol. The van der Waals surface area contributed by atoms with Crippen molar-refractivity contribution in [2.45, 2.75) is 25.8 Å². The second kappa shape index (κ2) is 8.93. The zero-order valence-corrected chi connectivity index (χ0v) is 14.1. The fourth-order valence-corrected chi connectivity index (χ4v) is 2.42. The standard InChI is InChI=1S/C19H24N2O3/c1-14(7-6-12-22)20-19(23)17-10-3-4-11-18(17)21-15-8-5-9-16(13-15)24-2/h3-5,8-11,13-14,21-22H,6-7,12H2,1-2H3,(H,20,23). The number of anilines is 2. The van der Waals surface area contributed by atoms with Gasteiger partial charge in [0.05, 0.1) is 18.4 Å². The Hall–Kier alpha value is -2.53. The molecule has 0 saturated carbocycles. The monoisotopic (exact) mass is 328 g/mol. The molecule has 2 rings (SSSR count). The number of aliphatic hydroxyl groups is 1. The summed E-state index contributed by atoms with van der Waals surface area (Å²) >= 11 is 0. The maximum absolute atomic E-state index is 12.5. The fraction of sp³-hybridized carbons (Fsp3) is 0.316. The lowest BCUT2D eigenvalue weighted by Crippen LogP contribution is -2.33. The van der Waals surface area contributed by atoms with Crippen LogP contribution < -0.4 is 15.4 Å². The molecule has 3 N–H and O–H groups in total. The third kappa shape index (κ3) is 4.99. The van der Waals surface area contributed by atoms with Crippen molar-refractivity contribution in [3.05, 3.63) is 54.1 Å². The predicted octanol–water partition coefficient (Wildman–Crippen LogP) is 3.33. The van der Waals surface area contributed by atoms with Gasteiger partial charge in [-0.25, -0.2) is 0 Å². The lowest BCUT2D eigenvalue weighted by molar-refractivity contribution is 0.0937. The zero-order chi connectivity index (χ0) is 17.4. The first-order chi connectivity index (χ1) is 11.6. The molecule has 0 aliphatic carbocycles. The summed E-state index contributed by atoms with van der Waals surface area (Å²) in [6.45, 7) is 2.07. The number of nitrogens with one attached hydrogen (secondary N) is 2. The second-order valence-corrected chi connectivity index (χ2v) is 5.64. The van der Waals surface area contributed by atoms with Crippen LogP contribution in [-0.4, -0.2) is 30.8 Å². The van der Waals surface area contributed by atoms with E-state index in [0.717, 1.165) is 23.5 Å². The molecule has 1 unspecified atom stereocenters. The first-order valence-electron chi connectivity index (χ1n) is 8.06. The average molecular weight is 328 g/mol. The molecule has 5 nitrogen and oxygen atoms in total. The van der Waals surface area contributed by atoms with Gasteiger partial charge in [0.15, 0.2) is 0 Å². The van der Waals surface area contributed by atoms with Gasteiger partial charge in [0, 0.05) is 24.4 Å². The maximum Gasteiger partial charge on any atom is 0.253 e. The van der Waals surface area contributed by atoms with Gasteiger partial charge in [-0.15, -0.1) is 0 Å². The van der Waals surface area contributed by atoms with Crippen molar-refractivity contribution < 1.29 is 14.6 Å². The minimum atomic E-state index is -0.133. The van der Waals surface area contributed by atoms with Gasteiger partial charge in [0.2, 0.25) is 0 Å². The molecule has 0 aliphatic rings. The number of ether oxygens (including phenoxy) is 1. The lowest BCUT2D eigenvalue weighted by Gasteiger charge is -2.16. The molecule has 128 valence electrons. The Kier molecular flexibility index (Phi) is 6.63. The van der Waals surface area contributed by atoms with Crippen LogP contribution in [0, 0.1) is 0 Å². The predicted molar refractivity (Wildman–Crippen MR) is 96.0 cm³/mol. The van der Waals surface area contributed by atoms with Crippen molar-refractivity contribution in [2.75, 3.05) is 19.0 Å². The molecule has 0 bridgehead atoms. The van der Waals surface area contributed by atoms with E-state index in [1.807, 2.05) is 49.4 Å². The Labute approximate surface area is 142 Å². The second-order valence-electron chi connectivity index (χ2n) is 5.64. The number of benzene rings is 2. The fourth-order valence-electron chi connectivity index (χ4n) is 2.42. The van der Waals surface area contributed by atoms with Gasteiger partial charge in [-0.3, -0.25) is 4.79 Å². The minimum Gasteiger partial charge on any atom is -0.497 e. The van der Waals surface area contributed by atoms with Crippen LogP contribution in [0.3, 0.4) is 0 Å². The lowest BCUT2D eigenvalue weighted by atomic mass is 10.1. The van der Waals surface area contributed by atoms with E-state index >= 15 is 0 Å². The Morgan fingerprint density at radius 1 is 1.21 bits per heavy atom. The van der Waals surface area contributed by atoms with Crippen LogP contribution in [0.1, 0.15) is 30.1 Å². The van der Waals surface area contributed by atoms with Crippen LogP contribution in [0.2, 0.25) is 0 Å². The number of carbonyl (C=O) groups excluding carboxylic acids is 1. The Bertz CT molecular complexity index is 673. The van der Waals surface area contributed by atoms with Crippen LogP contribution in [0.5, 0.6) is 5.75 Å². The smallest absolute Gasteiger partial charge is 0.253 e. The van der Waals surface area contributed by atoms with Crippen LogP contribution >= 0.6 is 0 Å². The minimum absolute atomic E-state index is 0.00882. The number of amides is 1. The highest BCUT2D eigenvalue weighted by Crippen LogP contribution is 2.24. The first kappa shape index (κ1) is 17.8. The number of methoxy groups -OCH3 is 1. The van der Waals surface area contributed by atoms with E-state index in [2.05, 4.69) is 10.6 Å². The van der Waals surface area contributed by atoms with E-state index in [-0.39, 0.29) is 18.6 Å². The highest BCUT2D eigenvalue weighted by atomic mass is 16.5. The molecule has 0 spiro atoms. The first-order valence-corrected chi connectivity index (χ1v) is 8.06. The summed E-state index contributed by atoms with van der Waals surface area (Å²) in [5.41, 5.74) is 2.16. The van der Waals surface area contributed by atoms with Crippen molar-refractivity contribution >= 4 is 17.3 Å². The Morgan fingerprint density at radius 3 is 2.75 bits per heavy atom. The summed E-state index contributed by atoms with van der Waals surface area (Å²) in [5, 5.41) is 15.1. The van der Waals surface area contributed by atoms with Gasteiger partial charge in [0.1, 0.15) is 5.75 Å². The molecule has 0 radical (unpaired) electrons. The van der Waals surface area contributed by atoms with E-state index in [4.69, 9.17) is 9.84 Å². The summed E-state index contributed by atoms with van der Waals surface area (Å²) in [4.78, 5) is 12.5. The third-order valence-electron chi connectivity index (χ3n) is 3.69. The highest BCUT2D eigenvalue weighted by molar-refractivity contribution is 6.00. The van der Waals surface area contributed by atoms with E-state index in [1.54, 1.807) is 13.2 Å². The largest absolute Gasteiger partial charge is 0.497 e. The van der Waals surface area contributed by atoms with Crippen molar-refractivity contribution in [1.82, 2.24) is 5.32 Å². The summed E-state index contributed by atoms with van der Waals surface area (Å²) < 4.78 is 5.22. The van der Waals surface area contributed by atoms with E-state index in [0.29, 0.717) is 12.0 Å². The molecule has 1 atom stereocenters. The summed E-state index contributed by atoms with van der Waals surface area (Å²) in [7, 11) is 1.62. The highest BCUT2D eigenvalue weighted by Gasteiger charge is 2.13. The van der Waals surface area contributed by atoms with Crippen LogP contribution in [0.15, 0.2) is 48.5 Å². The molecule has 5 heteroatoms. The molecule has 1 amide bonds. The molecular formula is C19H24N2O3. The van der Waals surface area contributed by atoms with Crippen LogP contribution in [-0.2, 0) is 0 Å². The molecule has 2 aromatic rings. The summed E-state index contributed by atoms with van der Waals surface area (Å²) in [5.74, 6) is 0.617. The molecule has 24 heavy (non-hydrogen) atoms. The number of rotatable bonds is 8. The van der Waals surface area contributed by atoms with Crippen molar-refractivity contribution in [2.24, 2.45) is 0 Å². The summed E-state index contributed by atoms with van der Waals surface area (Å²) in [6, 6.07) is 14.9. The van der Waals surface area contributed by atoms with Crippen LogP contribution in [0.25, 0.3) is 0 Å². The van der Waals surface area contributed by atoms with Gasteiger partial charge in [0.25, 0.3) is 5.91 Å². The van der Waals surface area contributed by atoms with Crippen LogP contribution in [0.4, 0.5) is 11.4 Å². The number of para-hydroxylation sites is 1. The number of carbonyl (C=O) groups is 1. The average Bonchev–Trinajstić information content (AvgIpc) is 2.60. The number of hydrogen-bond donors (Lipinski definition) is 3. The van der Waals surface area contributed by atoms with Gasteiger partial charge in [-0.1, -0.05) is 18.2 Å². The van der Waals surface area contributed by atoms with E-state index in [9.17, 15) is 4.79 Å². The third-order valence-corrected chi connectivity index (χ3v) is 3.69. The van der Waals surface area contributed by atoms with Crippen molar-refractivity contribution in [1.29, 1.82) is 0 Å². The van der Waals surface area contributed by atoms with Gasteiger partial charge in [-0.05, 0) is 44.0 Å². The Morgan fingerprint density at radius 2 is 2.00 bits per heavy atom. The zero-order valence-electron chi connectivity index (χ0n) is 14.1. The molecule has 0 aliphatic heterocycles. The molecule has 0 saturated heterocycles. The molecule has 0 fully saturated rings. The van der Waals surface area contributed by atoms with Gasteiger partial charge >= 0.3 is 0 Å². The quantitative estimate of drug-likeness (QED) is 0.695. The topological polar surface area (TPSA) is 70.6 Å². The SMILES string of the molecule is COc1cccc(Nc2ccccc2C(=O)NC(C)CCCO)c1. The summed E-state index contributed by atoms with van der Waals surface area (Å²) in [6.07, 6.45) is 1.42. The van der Waals surface area contributed by atoms with E-state index in [1.165, 1.54) is 0 Å². The maximum atomic E-state index is 12.5. The number of hydrogen-bond acceptors (Lipinski definition) is 4. The van der Waals surface area contributed by atoms with Gasteiger partial charge in [-0.2, -0.15) is 0 Å². The van der Waals surface area contributed by atoms with Crippen molar-refractivity contribution in [3.63, 3.8) is 0 Å². The normalized spacial score (nSPS) is 11.6. The molecule has 0 heterocycles. The van der Waals surface area contributed by atoms with Gasteiger partial charge < -0.3 is 20.5 Å².